The lowest BCUT2D eigenvalue weighted by molar-refractivity contribution is 0.0319. The van der Waals surface area contributed by atoms with Crippen molar-refractivity contribution in [2.24, 2.45) is 5.92 Å². The first-order valence-corrected chi connectivity index (χ1v) is 11.3. The van der Waals surface area contributed by atoms with Gasteiger partial charge in [-0.05, 0) is 18.9 Å². The van der Waals surface area contributed by atoms with E-state index in [2.05, 4.69) is 44.5 Å². The molecule has 3 saturated heterocycles. The molecule has 30 heavy (non-hydrogen) atoms. The van der Waals surface area contributed by atoms with Crippen LogP contribution < -0.4 is 10.1 Å². The van der Waals surface area contributed by atoms with Crippen molar-refractivity contribution in [1.82, 2.24) is 20.3 Å². The summed E-state index contributed by atoms with van der Waals surface area (Å²) in [4.78, 5) is 5.06. The van der Waals surface area contributed by atoms with Gasteiger partial charge in [0.25, 0.3) is 0 Å². The second-order valence-corrected chi connectivity index (χ2v) is 8.67. The first-order chi connectivity index (χ1) is 14.9. The largest absolute Gasteiger partial charge is 0.493 e. The molecule has 7 nitrogen and oxygen atoms in total. The Kier molecular flexibility index (Phi) is 6.32. The number of nitrogens with zero attached hydrogens (tertiary/aromatic N) is 3. The summed E-state index contributed by atoms with van der Waals surface area (Å²) in [5.74, 6) is 1.60. The number of morpholine rings is 1. The van der Waals surface area contributed by atoms with E-state index < -0.39 is 0 Å². The van der Waals surface area contributed by atoms with Gasteiger partial charge in [0.1, 0.15) is 17.7 Å². The van der Waals surface area contributed by atoms with Gasteiger partial charge in [0.2, 0.25) is 0 Å². The van der Waals surface area contributed by atoms with E-state index >= 15 is 0 Å². The molecule has 0 saturated carbocycles. The Bertz CT molecular complexity index is 794. The second kappa shape index (κ2) is 9.47. The van der Waals surface area contributed by atoms with E-state index in [0.717, 1.165) is 77.0 Å². The van der Waals surface area contributed by atoms with Crippen LogP contribution in [0.4, 0.5) is 0 Å². The Balaban J connectivity index is 1.17. The van der Waals surface area contributed by atoms with Crippen LogP contribution in [0.25, 0.3) is 0 Å². The SMILES string of the molecule is c1ccc(OCC2CCC3C(c4ccon4)NCCN3C2)c(CN2CCOCC2)c1. The van der Waals surface area contributed by atoms with E-state index in [-0.39, 0.29) is 6.04 Å². The fraction of sp³-hybridized carbons (Fsp3) is 0.609. The average Bonchev–Trinajstić information content (AvgIpc) is 3.33. The van der Waals surface area contributed by atoms with Gasteiger partial charge in [-0.25, -0.2) is 0 Å². The highest BCUT2D eigenvalue weighted by Crippen LogP contribution is 2.33. The smallest absolute Gasteiger partial charge is 0.124 e. The Morgan fingerprint density at radius 2 is 2.00 bits per heavy atom. The van der Waals surface area contributed by atoms with Gasteiger partial charge in [0.05, 0.1) is 25.9 Å². The van der Waals surface area contributed by atoms with Crippen molar-refractivity contribution in [3.63, 3.8) is 0 Å². The number of aromatic nitrogens is 1. The number of piperidine rings is 1. The van der Waals surface area contributed by atoms with Crippen LogP contribution in [0.3, 0.4) is 0 Å². The van der Waals surface area contributed by atoms with Crippen LogP contribution in [0.1, 0.15) is 30.1 Å². The van der Waals surface area contributed by atoms with Crippen LogP contribution in [-0.4, -0.2) is 73.5 Å². The molecule has 0 spiro atoms. The molecule has 0 radical (unpaired) electrons. The molecule has 4 heterocycles. The molecule has 3 fully saturated rings. The Labute approximate surface area is 178 Å². The molecule has 3 aliphatic heterocycles. The zero-order valence-electron chi connectivity index (χ0n) is 17.5. The molecule has 0 bridgehead atoms. The number of hydrogen-bond acceptors (Lipinski definition) is 7. The van der Waals surface area contributed by atoms with Crippen LogP contribution >= 0.6 is 0 Å². The van der Waals surface area contributed by atoms with Gasteiger partial charge in [0.15, 0.2) is 0 Å². The molecule has 5 rings (SSSR count). The molecule has 3 aliphatic rings. The predicted molar refractivity (Wildman–Crippen MR) is 113 cm³/mol. The Morgan fingerprint density at radius 1 is 1.10 bits per heavy atom. The van der Waals surface area contributed by atoms with Gasteiger partial charge in [-0.1, -0.05) is 23.4 Å². The van der Waals surface area contributed by atoms with E-state index in [1.807, 2.05) is 6.07 Å². The zero-order valence-corrected chi connectivity index (χ0v) is 17.5. The van der Waals surface area contributed by atoms with Crippen molar-refractivity contribution in [3.05, 3.63) is 47.9 Å². The van der Waals surface area contributed by atoms with Crippen molar-refractivity contribution in [1.29, 1.82) is 0 Å². The minimum atomic E-state index is 0.272. The maximum atomic E-state index is 6.37. The molecule has 1 aromatic carbocycles. The maximum absolute atomic E-state index is 6.37. The third-order valence-electron chi connectivity index (χ3n) is 6.70. The fourth-order valence-corrected chi connectivity index (χ4v) is 5.08. The van der Waals surface area contributed by atoms with E-state index in [4.69, 9.17) is 14.0 Å². The number of rotatable bonds is 6. The first-order valence-electron chi connectivity index (χ1n) is 11.3. The summed E-state index contributed by atoms with van der Waals surface area (Å²) in [7, 11) is 0. The van der Waals surface area contributed by atoms with E-state index in [1.54, 1.807) is 6.26 Å². The normalized spacial score (nSPS) is 28.2. The molecule has 0 aliphatic carbocycles. The van der Waals surface area contributed by atoms with Crippen LogP contribution in [0.5, 0.6) is 5.75 Å². The molecule has 1 aromatic heterocycles. The second-order valence-electron chi connectivity index (χ2n) is 8.67. The van der Waals surface area contributed by atoms with Gasteiger partial charge in [0, 0.05) is 62.9 Å². The molecular formula is C23H32N4O3. The van der Waals surface area contributed by atoms with Crippen molar-refractivity contribution in [2.45, 2.75) is 31.5 Å². The van der Waals surface area contributed by atoms with Crippen molar-refractivity contribution < 1.29 is 14.0 Å². The molecule has 162 valence electrons. The fourth-order valence-electron chi connectivity index (χ4n) is 5.08. The topological polar surface area (TPSA) is 63.0 Å². The average molecular weight is 413 g/mol. The van der Waals surface area contributed by atoms with Crippen LogP contribution in [0.15, 0.2) is 41.1 Å². The van der Waals surface area contributed by atoms with Crippen LogP contribution in [0, 0.1) is 5.92 Å². The van der Waals surface area contributed by atoms with Gasteiger partial charge < -0.3 is 19.3 Å². The van der Waals surface area contributed by atoms with Gasteiger partial charge >= 0.3 is 0 Å². The summed E-state index contributed by atoms with van der Waals surface area (Å²) >= 11 is 0. The lowest BCUT2D eigenvalue weighted by atomic mass is 9.87. The van der Waals surface area contributed by atoms with Gasteiger partial charge in [-0.3, -0.25) is 9.80 Å². The minimum Gasteiger partial charge on any atom is -0.493 e. The third kappa shape index (κ3) is 4.54. The Hall–Kier alpha value is -1.93. The number of piperazine rings is 1. The highest BCUT2D eigenvalue weighted by Gasteiger charge is 2.38. The maximum Gasteiger partial charge on any atom is 0.124 e. The number of fused-ring (bicyclic) bond motifs is 1. The first kappa shape index (κ1) is 20.0. The molecule has 3 atom stereocenters. The van der Waals surface area contributed by atoms with E-state index in [1.165, 1.54) is 12.0 Å². The molecular weight excluding hydrogens is 380 g/mol. The molecule has 3 unspecified atom stereocenters. The Morgan fingerprint density at radius 3 is 2.87 bits per heavy atom. The number of para-hydroxylation sites is 1. The van der Waals surface area contributed by atoms with Crippen molar-refractivity contribution in [3.8, 4) is 5.75 Å². The highest BCUT2D eigenvalue weighted by molar-refractivity contribution is 5.33. The minimum absolute atomic E-state index is 0.272. The van der Waals surface area contributed by atoms with Crippen LogP contribution in [0.2, 0.25) is 0 Å². The molecule has 7 heteroatoms. The summed E-state index contributed by atoms with van der Waals surface area (Å²) in [5.41, 5.74) is 2.30. The van der Waals surface area contributed by atoms with E-state index in [0.29, 0.717) is 12.0 Å². The summed E-state index contributed by atoms with van der Waals surface area (Å²) in [6, 6.07) is 11.3. The van der Waals surface area contributed by atoms with E-state index in [9.17, 15) is 0 Å². The standard InChI is InChI=1S/C23H32N4O3/c1-2-4-22(19(3-1)16-26-10-13-28-14-11-26)29-17-18-5-6-21-23(20-7-12-30-25-20)24-8-9-27(21)15-18/h1-4,7,12,18,21,23-24H,5-6,8-11,13-17H2. The van der Waals surface area contributed by atoms with Crippen molar-refractivity contribution >= 4 is 0 Å². The zero-order chi connectivity index (χ0) is 20.2. The number of nitrogens with one attached hydrogen (secondary N) is 1. The summed E-state index contributed by atoms with van der Waals surface area (Å²) in [6.07, 6.45) is 4.01. The predicted octanol–water partition coefficient (Wildman–Crippen LogP) is 2.31. The summed E-state index contributed by atoms with van der Waals surface area (Å²) in [6.45, 7) is 8.52. The quantitative estimate of drug-likeness (QED) is 0.781. The van der Waals surface area contributed by atoms with Gasteiger partial charge in [-0.15, -0.1) is 0 Å². The lowest BCUT2D eigenvalue weighted by Gasteiger charge is -2.46. The van der Waals surface area contributed by atoms with Gasteiger partial charge in [-0.2, -0.15) is 0 Å². The molecule has 1 N–H and O–H groups in total. The van der Waals surface area contributed by atoms with Crippen LogP contribution in [-0.2, 0) is 11.3 Å². The highest BCUT2D eigenvalue weighted by atomic mass is 16.5. The number of hydrogen-bond donors (Lipinski definition) is 1. The molecule has 2 aromatic rings. The monoisotopic (exact) mass is 412 g/mol. The number of benzene rings is 1. The summed E-state index contributed by atoms with van der Waals surface area (Å²) in [5, 5.41) is 7.81. The third-order valence-corrected chi connectivity index (χ3v) is 6.70. The summed E-state index contributed by atoms with van der Waals surface area (Å²) < 4.78 is 16.9. The van der Waals surface area contributed by atoms with Crippen molar-refractivity contribution in [2.75, 3.05) is 52.5 Å². The molecule has 0 amide bonds. The number of ether oxygens (including phenoxy) is 2. The lowest BCUT2D eigenvalue weighted by Crippen LogP contribution is -2.57.